The number of esters is 1. The molecule has 2 N–H and O–H groups in total. The van der Waals surface area contributed by atoms with Crippen LogP contribution in [0.1, 0.15) is 56.4 Å². The largest absolute Gasteiger partial charge is 0.503 e. The molecule has 1 aliphatic rings. The number of hydrogen-bond acceptors (Lipinski definition) is 8. The van der Waals surface area contributed by atoms with Gasteiger partial charge in [0.25, 0.3) is 5.91 Å². The topological polar surface area (TPSA) is 116 Å². The number of amides is 1. The van der Waals surface area contributed by atoms with Gasteiger partial charge in [-0.1, -0.05) is 19.8 Å². The fourth-order valence-corrected chi connectivity index (χ4v) is 3.78. The monoisotopic (exact) mass is 506 g/mol. The van der Waals surface area contributed by atoms with Crippen LogP contribution in [0.25, 0.3) is 0 Å². The van der Waals surface area contributed by atoms with Gasteiger partial charge in [-0.3, -0.25) is 4.79 Å². The molecule has 4 unspecified atom stereocenters. The van der Waals surface area contributed by atoms with E-state index < -0.39 is 48.5 Å². The van der Waals surface area contributed by atoms with Crippen LogP contribution in [0.3, 0.4) is 0 Å². The molecule has 1 fully saturated rings. The summed E-state index contributed by atoms with van der Waals surface area (Å²) in [5.74, 6) is -2.32. The summed E-state index contributed by atoms with van der Waals surface area (Å²) in [6, 6.07) is 0.171. The number of cyclic esters (lactones) is 1. The zero-order valence-electron chi connectivity index (χ0n) is 20.1. The van der Waals surface area contributed by atoms with E-state index >= 15 is 0 Å². The first-order valence-corrected chi connectivity index (χ1v) is 11.6. The first-order valence-electron chi connectivity index (χ1n) is 11.6. The molecule has 1 aromatic rings. The molecule has 1 amide bonds. The van der Waals surface area contributed by atoms with Crippen molar-refractivity contribution in [3.05, 3.63) is 18.0 Å². The van der Waals surface area contributed by atoms with Crippen molar-refractivity contribution in [3.63, 3.8) is 0 Å². The molecule has 0 bridgehead atoms. The second-order valence-electron chi connectivity index (χ2n) is 8.35. The van der Waals surface area contributed by atoms with Crippen molar-refractivity contribution in [2.45, 2.75) is 70.4 Å². The third-order valence-corrected chi connectivity index (χ3v) is 5.69. The summed E-state index contributed by atoms with van der Waals surface area (Å²) in [7, 11) is 1.32. The summed E-state index contributed by atoms with van der Waals surface area (Å²) in [5, 5.41) is 12.6. The second-order valence-corrected chi connectivity index (χ2v) is 8.35. The van der Waals surface area contributed by atoms with E-state index in [4.69, 9.17) is 18.9 Å². The molecule has 0 saturated carbocycles. The molecule has 0 radical (unpaired) electrons. The standard InChI is InChI=1S/C23H33F3N2O7/c1-4-5-7-15-14(2)35-22(31)16(12-33-13-18(15)34-11-6-9-23(24,25)26)28-21(30)19-20(29)17(32-3)8-10-27-19/h8,10,14-16,18,29H,4-7,9,11-13H2,1-3H3,(H,28,30). The van der Waals surface area contributed by atoms with Gasteiger partial charge in [-0.2, -0.15) is 13.2 Å². The normalized spacial score (nSPS) is 23.5. The van der Waals surface area contributed by atoms with E-state index in [-0.39, 0.29) is 43.6 Å². The number of pyridine rings is 1. The molecule has 2 heterocycles. The number of alkyl halides is 3. The number of hydrogen-bond donors (Lipinski definition) is 2. The van der Waals surface area contributed by atoms with E-state index in [0.29, 0.717) is 6.42 Å². The summed E-state index contributed by atoms with van der Waals surface area (Å²) in [4.78, 5) is 29.3. The minimum absolute atomic E-state index is 0.0103. The van der Waals surface area contributed by atoms with Gasteiger partial charge in [-0.15, -0.1) is 0 Å². The Hall–Kier alpha value is -2.60. The van der Waals surface area contributed by atoms with E-state index in [2.05, 4.69) is 10.3 Å². The highest BCUT2D eigenvalue weighted by molar-refractivity contribution is 5.98. The van der Waals surface area contributed by atoms with Gasteiger partial charge in [0.05, 0.1) is 26.4 Å². The zero-order valence-corrected chi connectivity index (χ0v) is 20.1. The van der Waals surface area contributed by atoms with E-state index in [0.717, 1.165) is 12.8 Å². The molecule has 4 atom stereocenters. The van der Waals surface area contributed by atoms with Gasteiger partial charge in [-0.25, -0.2) is 9.78 Å². The second kappa shape index (κ2) is 13.5. The Labute approximate surface area is 202 Å². The van der Waals surface area contributed by atoms with Crippen LogP contribution in [0.4, 0.5) is 13.2 Å². The predicted octanol–water partition coefficient (Wildman–Crippen LogP) is 3.39. The van der Waals surface area contributed by atoms with Gasteiger partial charge >= 0.3 is 12.1 Å². The van der Waals surface area contributed by atoms with Crippen LogP contribution in [0.2, 0.25) is 0 Å². The van der Waals surface area contributed by atoms with Crippen LogP contribution in [-0.4, -0.2) is 73.3 Å². The fourth-order valence-electron chi connectivity index (χ4n) is 3.78. The first-order chi connectivity index (χ1) is 16.6. The highest BCUT2D eigenvalue weighted by Crippen LogP contribution is 2.28. The molecule has 0 aliphatic carbocycles. The highest BCUT2D eigenvalue weighted by atomic mass is 19.4. The predicted molar refractivity (Wildman–Crippen MR) is 118 cm³/mol. The average Bonchev–Trinajstić information content (AvgIpc) is 2.84. The fraction of sp³-hybridized carbons (Fsp3) is 0.696. The van der Waals surface area contributed by atoms with Crippen molar-refractivity contribution in [3.8, 4) is 11.5 Å². The molecule has 198 valence electrons. The van der Waals surface area contributed by atoms with E-state index in [1.807, 2.05) is 6.92 Å². The number of nitrogens with one attached hydrogen (secondary N) is 1. The number of carbonyl (C=O) groups excluding carboxylic acids is 2. The summed E-state index contributed by atoms with van der Waals surface area (Å²) in [6.07, 6.45) is -3.06. The molecule has 1 saturated heterocycles. The van der Waals surface area contributed by atoms with Crippen LogP contribution in [0, 0.1) is 5.92 Å². The Morgan fingerprint density at radius 1 is 1.31 bits per heavy atom. The Bertz CT molecular complexity index is 838. The lowest BCUT2D eigenvalue weighted by atomic mass is 9.91. The smallest absolute Gasteiger partial charge is 0.389 e. The Morgan fingerprint density at radius 2 is 2.06 bits per heavy atom. The maximum absolute atomic E-state index is 12.8. The number of methoxy groups -OCH3 is 1. The molecular weight excluding hydrogens is 473 g/mol. The van der Waals surface area contributed by atoms with Crippen molar-refractivity contribution in [1.82, 2.24) is 10.3 Å². The molecule has 12 heteroatoms. The zero-order chi connectivity index (χ0) is 26.0. The van der Waals surface area contributed by atoms with Crippen molar-refractivity contribution in [2.24, 2.45) is 5.92 Å². The molecular formula is C23H33F3N2O7. The molecule has 0 aromatic carbocycles. The van der Waals surface area contributed by atoms with Crippen LogP contribution in [-0.2, 0) is 19.0 Å². The molecule has 1 aliphatic heterocycles. The quantitative estimate of drug-likeness (QED) is 0.367. The highest BCUT2D eigenvalue weighted by Gasteiger charge is 2.36. The first kappa shape index (κ1) is 28.6. The number of aromatic nitrogens is 1. The lowest BCUT2D eigenvalue weighted by molar-refractivity contribution is -0.156. The molecule has 35 heavy (non-hydrogen) atoms. The molecule has 2 rings (SSSR count). The van der Waals surface area contributed by atoms with Gasteiger partial charge in [0.15, 0.2) is 23.2 Å². The van der Waals surface area contributed by atoms with Gasteiger partial charge < -0.3 is 29.4 Å². The number of unbranched alkanes of at least 4 members (excludes halogenated alkanes) is 1. The van der Waals surface area contributed by atoms with Gasteiger partial charge in [0.1, 0.15) is 6.10 Å². The molecule has 0 spiro atoms. The third kappa shape index (κ3) is 8.84. The van der Waals surface area contributed by atoms with Crippen LogP contribution in [0.5, 0.6) is 11.5 Å². The van der Waals surface area contributed by atoms with Crippen LogP contribution >= 0.6 is 0 Å². The molecule has 9 nitrogen and oxygen atoms in total. The van der Waals surface area contributed by atoms with Crippen molar-refractivity contribution < 1.29 is 46.8 Å². The Balaban J connectivity index is 2.11. The maximum atomic E-state index is 12.8. The van der Waals surface area contributed by atoms with Gasteiger partial charge in [-0.05, 0) is 19.8 Å². The summed E-state index contributed by atoms with van der Waals surface area (Å²) in [5.41, 5.74) is -0.336. The summed E-state index contributed by atoms with van der Waals surface area (Å²) >= 11 is 0. The summed E-state index contributed by atoms with van der Waals surface area (Å²) in [6.45, 7) is 3.32. The number of halogens is 3. The average molecular weight is 507 g/mol. The summed E-state index contributed by atoms with van der Waals surface area (Å²) < 4.78 is 59.4. The lowest BCUT2D eigenvalue weighted by Gasteiger charge is -2.30. The Morgan fingerprint density at radius 3 is 2.71 bits per heavy atom. The minimum atomic E-state index is -4.26. The van der Waals surface area contributed by atoms with Crippen molar-refractivity contribution in [2.75, 3.05) is 26.9 Å². The number of aromatic hydroxyl groups is 1. The Kier molecular flexibility index (Phi) is 11.0. The van der Waals surface area contributed by atoms with Gasteiger partial charge in [0.2, 0.25) is 0 Å². The minimum Gasteiger partial charge on any atom is -0.503 e. The van der Waals surface area contributed by atoms with Crippen molar-refractivity contribution >= 4 is 11.9 Å². The number of nitrogens with zero attached hydrogens (tertiary/aromatic N) is 1. The van der Waals surface area contributed by atoms with E-state index in [9.17, 15) is 27.9 Å². The van der Waals surface area contributed by atoms with Crippen LogP contribution in [0.15, 0.2) is 12.3 Å². The number of rotatable bonds is 10. The van der Waals surface area contributed by atoms with E-state index in [1.54, 1.807) is 6.92 Å². The van der Waals surface area contributed by atoms with E-state index in [1.165, 1.54) is 19.4 Å². The molecule has 1 aromatic heterocycles. The SMILES string of the molecule is CCCCC1C(C)OC(=O)C(NC(=O)c2nccc(OC)c2O)COCC1OCCCC(F)(F)F. The van der Waals surface area contributed by atoms with Gasteiger partial charge in [0, 0.05) is 31.2 Å². The van der Waals surface area contributed by atoms with Crippen molar-refractivity contribution in [1.29, 1.82) is 0 Å². The van der Waals surface area contributed by atoms with Crippen LogP contribution < -0.4 is 10.1 Å². The lowest BCUT2D eigenvalue weighted by Crippen LogP contribution is -2.46. The number of carbonyl (C=O) groups is 2. The third-order valence-electron chi connectivity index (χ3n) is 5.69. The number of ether oxygens (including phenoxy) is 4. The maximum Gasteiger partial charge on any atom is 0.389 e.